The summed E-state index contributed by atoms with van der Waals surface area (Å²) in [7, 11) is -8.45. The molecule has 0 saturated carbocycles. The molecule has 4 rings (SSSR count). The van der Waals surface area contributed by atoms with E-state index in [1.165, 1.54) is 11.9 Å². The molecule has 3 aromatic rings. The first-order valence-corrected chi connectivity index (χ1v) is 15.7. The van der Waals surface area contributed by atoms with Crippen LogP contribution in [0.4, 0.5) is 13.2 Å². The Balaban J connectivity index is 1.76. The van der Waals surface area contributed by atoms with Crippen LogP contribution in [0.1, 0.15) is 29.5 Å². The number of hydrazone groups is 1. The number of sulfonamides is 2. The summed E-state index contributed by atoms with van der Waals surface area (Å²) < 4.78 is 91.2. The molecule has 1 aliphatic heterocycles. The molecule has 0 radical (unpaired) electrons. The van der Waals surface area contributed by atoms with Gasteiger partial charge in [0.2, 0.25) is 16.0 Å². The quantitative estimate of drug-likeness (QED) is 0.300. The second-order valence-corrected chi connectivity index (χ2v) is 13.1. The van der Waals surface area contributed by atoms with Gasteiger partial charge in [0.15, 0.2) is 0 Å². The van der Waals surface area contributed by atoms with Gasteiger partial charge in [-0.1, -0.05) is 54.1 Å². The van der Waals surface area contributed by atoms with Crippen molar-refractivity contribution in [1.29, 1.82) is 0 Å². The van der Waals surface area contributed by atoms with Crippen LogP contribution >= 0.6 is 11.6 Å². The van der Waals surface area contributed by atoms with E-state index >= 15 is 0 Å². The lowest BCUT2D eigenvalue weighted by Crippen LogP contribution is -2.42. The molecule has 0 unspecified atom stereocenters. The smallest absolute Gasteiger partial charge is 0.248 e. The lowest BCUT2D eigenvalue weighted by molar-refractivity contribution is -0.137. The summed E-state index contributed by atoms with van der Waals surface area (Å²) in [6, 6.07) is 18.1. The minimum atomic E-state index is -4.65. The Morgan fingerprint density at radius 3 is 2.22 bits per heavy atom. The standard InChI is InChI=1S/C26H25ClF3N5O4S2/c1-17(16-40(31,36)37)32-25(34-41(38,39)22-13-9-20(10-14-22)26(28,29)30)35-15-23(18-5-3-2-4-6-18)24(33-35)19-7-11-21(27)12-8-19/h2-14,17,23H,15-16H2,1H3,(H,32,34)(H2,31,36,37)/t17-,23+/m1/s1. The SMILES string of the molecule is C[C@H](CS(N)(=O)=O)/N=C(/NS(=O)(=O)c1ccc(C(F)(F)F)cc1)N1C[C@@H](c2ccccc2)C(c2ccc(Cl)cc2)=N1. The molecule has 41 heavy (non-hydrogen) atoms. The molecule has 3 aromatic carbocycles. The van der Waals surface area contributed by atoms with Crippen molar-refractivity contribution in [2.45, 2.75) is 30.0 Å². The number of rotatable bonds is 7. The van der Waals surface area contributed by atoms with Gasteiger partial charge in [-0.3, -0.25) is 0 Å². The summed E-state index contributed by atoms with van der Waals surface area (Å²) in [6.07, 6.45) is -4.65. The zero-order valence-electron chi connectivity index (χ0n) is 21.5. The molecule has 1 aliphatic rings. The first kappa shape index (κ1) is 30.5. The van der Waals surface area contributed by atoms with Crippen LogP contribution in [0.25, 0.3) is 0 Å². The monoisotopic (exact) mass is 627 g/mol. The minimum absolute atomic E-state index is 0.110. The number of alkyl halides is 3. The number of nitrogens with zero attached hydrogens (tertiary/aromatic N) is 3. The van der Waals surface area contributed by atoms with Crippen molar-refractivity contribution < 1.29 is 30.0 Å². The number of hydrogen-bond donors (Lipinski definition) is 2. The highest BCUT2D eigenvalue weighted by Gasteiger charge is 2.34. The third-order valence-corrected chi connectivity index (χ3v) is 8.58. The summed E-state index contributed by atoms with van der Waals surface area (Å²) in [6.45, 7) is 1.53. The van der Waals surface area contributed by atoms with Crippen LogP contribution in [0.15, 0.2) is 93.9 Å². The van der Waals surface area contributed by atoms with Crippen LogP contribution in [-0.2, 0) is 26.2 Å². The molecule has 0 aliphatic carbocycles. The van der Waals surface area contributed by atoms with E-state index in [-0.39, 0.29) is 18.4 Å². The summed E-state index contributed by atoms with van der Waals surface area (Å²) in [4.78, 5) is 3.81. The number of primary sulfonamides is 1. The number of nitrogens with one attached hydrogen (secondary N) is 1. The highest BCUT2D eigenvalue weighted by Crippen LogP contribution is 2.31. The summed E-state index contributed by atoms with van der Waals surface area (Å²) in [5.74, 6) is -1.28. The average molecular weight is 628 g/mol. The first-order valence-electron chi connectivity index (χ1n) is 12.1. The van der Waals surface area contributed by atoms with Gasteiger partial charge in [0.1, 0.15) is 0 Å². The fourth-order valence-corrected chi connectivity index (χ4v) is 6.08. The molecule has 0 bridgehead atoms. The first-order chi connectivity index (χ1) is 19.1. The zero-order valence-corrected chi connectivity index (χ0v) is 23.8. The van der Waals surface area contributed by atoms with E-state index in [1.807, 2.05) is 30.3 Å². The van der Waals surface area contributed by atoms with Crippen molar-refractivity contribution in [2.75, 3.05) is 12.3 Å². The maximum Gasteiger partial charge on any atom is 0.416 e. The Morgan fingerprint density at radius 2 is 1.66 bits per heavy atom. The molecule has 0 spiro atoms. The number of hydrogen-bond acceptors (Lipinski definition) is 6. The number of halogens is 4. The molecule has 0 aromatic heterocycles. The second-order valence-electron chi connectivity index (χ2n) is 9.30. The van der Waals surface area contributed by atoms with Crippen molar-refractivity contribution in [3.8, 4) is 0 Å². The van der Waals surface area contributed by atoms with Gasteiger partial charge in [0, 0.05) is 10.9 Å². The van der Waals surface area contributed by atoms with Gasteiger partial charge in [-0.15, -0.1) is 0 Å². The van der Waals surface area contributed by atoms with Crippen LogP contribution in [0.3, 0.4) is 0 Å². The van der Waals surface area contributed by atoms with Crippen molar-refractivity contribution >= 4 is 43.3 Å². The molecule has 3 N–H and O–H groups in total. The van der Waals surface area contributed by atoms with Crippen molar-refractivity contribution in [2.24, 2.45) is 15.2 Å². The second kappa shape index (κ2) is 11.8. The summed E-state index contributed by atoms with van der Waals surface area (Å²) in [5, 5.41) is 11.6. The van der Waals surface area contributed by atoms with Crippen LogP contribution in [0.2, 0.25) is 5.02 Å². The lowest BCUT2D eigenvalue weighted by atomic mass is 9.91. The van der Waals surface area contributed by atoms with Gasteiger partial charge in [-0.05, 0) is 54.4 Å². The molecule has 9 nitrogen and oxygen atoms in total. The van der Waals surface area contributed by atoms with E-state index in [4.69, 9.17) is 16.7 Å². The van der Waals surface area contributed by atoms with Gasteiger partial charge in [-0.2, -0.15) is 18.3 Å². The molecule has 1 heterocycles. The largest absolute Gasteiger partial charge is 0.416 e. The maximum atomic E-state index is 13.3. The van der Waals surface area contributed by atoms with Crippen LogP contribution in [0, 0.1) is 0 Å². The Hall–Kier alpha value is -3.46. The van der Waals surface area contributed by atoms with E-state index < -0.39 is 48.5 Å². The van der Waals surface area contributed by atoms with Crippen molar-refractivity contribution in [3.63, 3.8) is 0 Å². The average Bonchev–Trinajstić information content (AvgIpc) is 3.33. The molecule has 0 amide bonds. The van der Waals surface area contributed by atoms with E-state index in [1.54, 1.807) is 24.3 Å². The molecule has 2 atom stereocenters. The van der Waals surface area contributed by atoms with E-state index in [0.29, 0.717) is 28.4 Å². The van der Waals surface area contributed by atoms with Gasteiger partial charge in [-0.25, -0.2) is 36.7 Å². The number of nitrogens with two attached hydrogens (primary N) is 1. The molecule has 0 fully saturated rings. The molecular weight excluding hydrogens is 603 g/mol. The number of benzene rings is 3. The van der Waals surface area contributed by atoms with Crippen LogP contribution < -0.4 is 9.86 Å². The van der Waals surface area contributed by atoms with E-state index in [0.717, 1.165) is 17.7 Å². The lowest BCUT2D eigenvalue weighted by Gasteiger charge is -2.21. The topological polar surface area (TPSA) is 134 Å². The highest BCUT2D eigenvalue weighted by molar-refractivity contribution is 7.90. The van der Waals surface area contributed by atoms with E-state index in [9.17, 15) is 30.0 Å². The third-order valence-electron chi connectivity index (χ3n) is 6.03. The van der Waals surface area contributed by atoms with Crippen LogP contribution in [0.5, 0.6) is 0 Å². The number of aliphatic imine (C=N–C) groups is 1. The Labute approximate surface area is 240 Å². The summed E-state index contributed by atoms with van der Waals surface area (Å²) in [5.41, 5.74) is 1.11. The Morgan fingerprint density at radius 1 is 1.05 bits per heavy atom. The van der Waals surface area contributed by atoms with Gasteiger partial charge < -0.3 is 0 Å². The van der Waals surface area contributed by atoms with Gasteiger partial charge in [0.05, 0.1) is 34.5 Å². The fourth-order valence-electron chi connectivity index (χ4n) is 4.19. The van der Waals surface area contributed by atoms with E-state index in [2.05, 4.69) is 14.8 Å². The molecular formula is C26H25ClF3N5O4S2. The zero-order chi connectivity index (χ0) is 30.0. The Kier molecular flexibility index (Phi) is 8.78. The molecule has 218 valence electrons. The number of guanidine groups is 1. The third kappa shape index (κ3) is 7.85. The molecule has 0 saturated heterocycles. The fraction of sp³-hybridized carbons (Fsp3) is 0.231. The Bertz CT molecular complexity index is 1660. The van der Waals surface area contributed by atoms with Gasteiger partial charge in [0.25, 0.3) is 10.0 Å². The van der Waals surface area contributed by atoms with Crippen LogP contribution in [-0.4, -0.2) is 51.9 Å². The highest BCUT2D eigenvalue weighted by atomic mass is 35.5. The van der Waals surface area contributed by atoms with Crippen molar-refractivity contribution in [1.82, 2.24) is 9.73 Å². The van der Waals surface area contributed by atoms with Gasteiger partial charge >= 0.3 is 6.18 Å². The predicted molar refractivity (Wildman–Crippen MR) is 151 cm³/mol. The molecule has 15 heteroatoms. The summed E-state index contributed by atoms with van der Waals surface area (Å²) >= 11 is 6.06. The maximum absolute atomic E-state index is 13.3. The minimum Gasteiger partial charge on any atom is -0.248 e. The predicted octanol–water partition coefficient (Wildman–Crippen LogP) is 4.17. The van der Waals surface area contributed by atoms with Crippen molar-refractivity contribution in [3.05, 3.63) is 101 Å². The normalized spacial score (nSPS) is 17.3.